The molecule has 152 valence electrons. The summed E-state index contributed by atoms with van der Waals surface area (Å²) < 4.78 is 0. The minimum absolute atomic E-state index is 0.0503. The molecule has 0 unspecified atom stereocenters. The third kappa shape index (κ3) is 4.00. The number of rotatable bonds is 6. The van der Waals surface area contributed by atoms with Crippen LogP contribution in [0.15, 0.2) is 53.9 Å². The molecular weight excluding hydrogens is 392 g/mol. The van der Waals surface area contributed by atoms with Gasteiger partial charge in [0.2, 0.25) is 0 Å². The standard InChI is InChI=1S/C24H24N4OS/c29-24(28-14-13-17-7-1-2-8-18(17)15-28)21-16-30-23(27-21)12-6-5-11-22-25-19-9-3-4-10-20(19)26-22/h1-4,7-10,16H,5-6,11-15H2,(H,25,26). The zero-order valence-electron chi connectivity index (χ0n) is 16.8. The molecule has 0 saturated heterocycles. The highest BCUT2D eigenvalue weighted by molar-refractivity contribution is 7.09. The van der Waals surface area contributed by atoms with Crippen molar-refractivity contribution in [2.24, 2.45) is 0 Å². The van der Waals surface area contributed by atoms with E-state index in [1.807, 2.05) is 34.5 Å². The predicted octanol–water partition coefficient (Wildman–Crippen LogP) is 4.78. The van der Waals surface area contributed by atoms with E-state index in [2.05, 4.69) is 39.2 Å². The highest BCUT2D eigenvalue weighted by Crippen LogP contribution is 2.22. The Hall–Kier alpha value is -2.99. The molecule has 0 fully saturated rings. The first-order valence-electron chi connectivity index (χ1n) is 10.5. The molecule has 1 aliphatic rings. The number of thiazole rings is 1. The van der Waals surface area contributed by atoms with E-state index in [-0.39, 0.29) is 5.91 Å². The van der Waals surface area contributed by atoms with Gasteiger partial charge in [0.15, 0.2) is 0 Å². The van der Waals surface area contributed by atoms with Gasteiger partial charge in [-0.3, -0.25) is 4.79 Å². The smallest absolute Gasteiger partial charge is 0.273 e. The number of nitrogens with zero attached hydrogens (tertiary/aromatic N) is 3. The minimum atomic E-state index is 0.0503. The number of aryl methyl sites for hydroxylation is 2. The van der Waals surface area contributed by atoms with Gasteiger partial charge in [-0.2, -0.15) is 0 Å². The molecule has 5 rings (SSSR count). The van der Waals surface area contributed by atoms with Crippen molar-refractivity contribution in [3.05, 3.63) is 81.6 Å². The molecule has 0 saturated carbocycles. The summed E-state index contributed by atoms with van der Waals surface area (Å²) in [5.74, 6) is 1.09. The predicted molar refractivity (Wildman–Crippen MR) is 120 cm³/mol. The number of H-pyrrole nitrogens is 1. The number of fused-ring (bicyclic) bond motifs is 2. The summed E-state index contributed by atoms with van der Waals surface area (Å²) in [6.45, 7) is 1.44. The molecule has 2 aromatic carbocycles. The van der Waals surface area contributed by atoms with Crippen LogP contribution in [0.5, 0.6) is 0 Å². The Bertz CT molecular complexity index is 1150. The van der Waals surface area contributed by atoms with Crippen molar-refractivity contribution in [1.29, 1.82) is 0 Å². The number of carbonyl (C=O) groups is 1. The fourth-order valence-corrected chi connectivity index (χ4v) is 4.86. The lowest BCUT2D eigenvalue weighted by atomic mass is 10.00. The average molecular weight is 417 g/mol. The maximum Gasteiger partial charge on any atom is 0.273 e. The third-order valence-corrected chi connectivity index (χ3v) is 6.59. The number of nitrogens with one attached hydrogen (secondary N) is 1. The summed E-state index contributed by atoms with van der Waals surface area (Å²) in [4.78, 5) is 27.4. The number of carbonyl (C=O) groups excluding carboxylic acids is 1. The van der Waals surface area contributed by atoms with E-state index in [4.69, 9.17) is 0 Å². The molecule has 30 heavy (non-hydrogen) atoms. The fraction of sp³-hybridized carbons (Fsp3) is 0.292. The van der Waals surface area contributed by atoms with E-state index in [1.54, 1.807) is 11.3 Å². The quantitative estimate of drug-likeness (QED) is 0.460. The molecule has 0 radical (unpaired) electrons. The topological polar surface area (TPSA) is 61.9 Å². The number of benzene rings is 2. The largest absolute Gasteiger partial charge is 0.342 e. The highest BCUT2D eigenvalue weighted by Gasteiger charge is 2.23. The van der Waals surface area contributed by atoms with Gasteiger partial charge in [-0.05, 0) is 48.9 Å². The second kappa shape index (κ2) is 8.40. The summed E-state index contributed by atoms with van der Waals surface area (Å²) >= 11 is 1.60. The van der Waals surface area contributed by atoms with Gasteiger partial charge in [0.05, 0.1) is 16.0 Å². The van der Waals surface area contributed by atoms with Crippen molar-refractivity contribution in [2.45, 2.75) is 38.6 Å². The number of unbranched alkanes of at least 4 members (excludes halogenated alkanes) is 1. The summed E-state index contributed by atoms with van der Waals surface area (Å²) in [6.07, 6.45) is 4.83. The first-order valence-corrected chi connectivity index (χ1v) is 11.4. The van der Waals surface area contributed by atoms with Crippen LogP contribution in [-0.4, -0.2) is 32.3 Å². The Morgan fingerprint density at radius 1 is 1.00 bits per heavy atom. The lowest BCUT2D eigenvalue weighted by molar-refractivity contribution is 0.0729. The molecule has 4 aromatic rings. The SMILES string of the molecule is O=C(c1csc(CCCCc2nc3ccccc3[nH]2)n1)N1CCc2ccccc2C1. The average Bonchev–Trinajstić information content (AvgIpc) is 3.42. The van der Waals surface area contributed by atoms with Gasteiger partial charge in [-0.25, -0.2) is 9.97 Å². The molecule has 0 spiro atoms. The van der Waals surface area contributed by atoms with E-state index in [0.717, 1.165) is 60.5 Å². The van der Waals surface area contributed by atoms with Crippen LogP contribution in [0.25, 0.3) is 11.0 Å². The lowest BCUT2D eigenvalue weighted by Gasteiger charge is -2.28. The molecule has 0 atom stereocenters. The molecule has 6 heteroatoms. The zero-order chi connectivity index (χ0) is 20.3. The number of hydrogen-bond donors (Lipinski definition) is 1. The molecule has 1 N–H and O–H groups in total. The summed E-state index contributed by atoms with van der Waals surface area (Å²) in [5, 5.41) is 2.96. The summed E-state index contributed by atoms with van der Waals surface area (Å²) in [7, 11) is 0. The normalized spacial score (nSPS) is 13.5. The Kier molecular flexibility index (Phi) is 5.32. The molecule has 1 amide bonds. The monoisotopic (exact) mass is 416 g/mol. The maximum absolute atomic E-state index is 12.9. The van der Waals surface area contributed by atoms with Crippen LogP contribution in [0.4, 0.5) is 0 Å². The molecule has 3 heterocycles. The van der Waals surface area contributed by atoms with Crippen LogP contribution in [0.3, 0.4) is 0 Å². The van der Waals surface area contributed by atoms with Gasteiger partial charge in [0.1, 0.15) is 11.5 Å². The highest BCUT2D eigenvalue weighted by atomic mass is 32.1. The first-order chi connectivity index (χ1) is 14.8. The van der Waals surface area contributed by atoms with Gasteiger partial charge in [0.25, 0.3) is 5.91 Å². The number of aromatic nitrogens is 3. The van der Waals surface area contributed by atoms with Crippen LogP contribution >= 0.6 is 11.3 Å². The Morgan fingerprint density at radius 3 is 2.70 bits per heavy atom. The molecule has 1 aliphatic heterocycles. The van der Waals surface area contributed by atoms with Gasteiger partial charge in [-0.1, -0.05) is 36.4 Å². The second-order valence-electron chi connectivity index (χ2n) is 7.78. The number of hydrogen-bond acceptors (Lipinski definition) is 4. The fourth-order valence-electron chi connectivity index (χ4n) is 4.05. The number of imidazole rings is 1. The van der Waals surface area contributed by atoms with Crippen molar-refractivity contribution < 1.29 is 4.79 Å². The van der Waals surface area contributed by atoms with Crippen LogP contribution in [0, 0.1) is 0 Å². The Labute approximate surface area is 179 Å². The van der Waals surface area contributed by atoms with Crippen molar-refractivity contribution in [1.82, 2.24) is 19.9 Å². The van der Waals surface area contributed by atoms with E-state index < -0.39 is 0 Å². The first kappa shape index (κ1) is 19.0. The van der Waals surface area contributed by atoms with E-state index in [1.165, 1.54) is 11.1 Å². The molecule has 0 bridgehead atoms. The van der Waals surface area contributed by atoms with Gasteiger partial charge >= 0.3 is 0 Å². The van der Waals surface area contributed by atoms with Crippen molar-refractivity contribution in [2.75, 3.05) is 6.54 Å². The van der Waals surface area contributed by atoms with Gasteiger partial charge in [0, 0.05) is 24.9 Å². The van der Waals surface area contributed by atoms with E-state index >= 15 is 0 Å². The summed E-state index contributed by atoms with van der Waals surface area (Å²) in [6, 6.07) is 16.5. The van der Waals surface area contributed by atoms with Crippen LogP contribution in [-0.2, 0) is 25.8 Å². The van der Waals surface area contributed by atoms with Crippen LogP contribution in [0.2, 0.25) is 0 Å². The van der Waals surface area contributed by atoms with Crippen molar-refractivity contribution >= 4 is 28.3 Å². The van der Waals surface area contributed by atoms with Crippen molar-refractivity contribution in [3.8, 4) is 0 Å². The minimum Gasteiger partial charge on any atom is -0.342 e. The molecular formula is C24H24N4OS. The number of para-hydroxylation sites is 2. The maximum atomic E-state index is 12.9. The van der Waals surface area contributed by atoms with E-state index in [0.29, 0.717) is 12.2 Å². The van der Waals surface area contributed by atoms with E-state index in [9.17, 15) is 4.79 Å². The van der Waals surface area contributed by atoms with Crippen LogP contribution in [0.1, 0.15) is 45.3 Å². The van der Waals surface area contributed by atoms with Gasteiger partial charge in [-0.15, -0.1) is 11.3 Å². The molecule has 2 aromatic heterocycles. The Morgan fingerprint density at radius 2 is 1.80 bits per heavy atom. The molecule has 5 nitrogen and oxygen atoms in total. The number of amides is 1. The number of aromatic amines is 1. The third-order valence-electron chi connectivity index (χ3n) is 5.68. The molecule has 0 aliphatic carbocycles. The zero-order valence-corrected chi connectivity index (χ0v) is 17.6. The van der Waals surface area contributed by atoms with Crippen LogP contribution < -0.4 is 0 Å². The lowest BCUT2D eigenvalue weighted by Crippen LogP contribution is -2.36. The summed E-state index contributed by atoms with van der Waals surface area (Å²) in [5.41, 5.74) is 5.31. The second-order valence-corrected chi connectivity index (χ2v) is 8.72. The van der Waals surface area contributed by atoms with Gasteiger partial charge < -0.3 is 9.88 Å². The van der Waals surface area contributed by atoms with Crippen molar-refractivity contribution in [3.63, 3.8) is 0 Å². The Balaban J connectivity index is 1.13.